The summed E-state index contributed by atoms with van der Waals surface area (Å²) in [6, 6.07) is 12.6. The average Bonchev–Trinajstić information content (AvgIpc) is 2.61. The van der Waals surface area contributed by atoms with Gasteiger partial charge in [0.05, 0.1) is 23.0 Å². The Labute approximate surface area is 149 Å². The van der Waals surface area contributed by atoms with Crippen molar-refractivity contribution in [3.63, 3.8) is 0 Å². The first-order chi connectivity index (χ1) is 12.4. The van der Waals surface area contributed by atoms with Crippen molar-refractivity contribution in [1.29, 1.82) is 5.26 Å². The second-order valence-electron chi connectivity index (χ2n) is 5.41. The first kappa shape index (κ1) is 18.6. The van der Waals surface area contributed by atoms with Crippen LogP contribution in [0.5, 0.6) is 0 Å². The van der Waals surface area contributed by atoms with Crippen molar-refractivity contribution < 1.29 is 19.2 Å². The number of aryl methyl sites for hydroxylation is 1. The molecule has 8 nitrogen and oxygen atoms in total. The van der Waals surface area contributed by atoms with Gasteiger partial charge in [-0.25, -0.2) is 4.79 Å². The topological polar surface area (TPSA) is 122 Å². The van der Waals surface area contributed by atoms with Crippen LogP contribution in [0.4, 0.5) is 11.4 Å². The minimum absolute atomic E-state index is 0.0980. The average molecular weight is 353 g/mol. The van der Waals surface area contributed by atoms with E-state index in [2.05, 4.69) is 5.32 Å². The Morgan fingerprint density at radius 1 is 1.23 bits per heavy atom. The fraction of sp³-hybridized carbons (Fsp3) is 0.167. The normalized spacial score (nSPS) is 9.85. The second-order valence-corrected chi connectivity index (χ2v) is 5.41. The summed E-state index contributed by atoms with van der Waals surface area (Å²) in [6.07, 6.45) is 0.278. The summed E-state index contributed by atoms with van der Waals surface area (Å²) in [4.78, 5) is 34.0. The van der Waals surface area contributed by atoms with Gasteiger partial charge in [0, 0.05) is 17.3 Å². The molecule has 132 valence electrons. The fourth-order valence-electron chi connectivity index (χ4n) is 2.20. The molecule has 0 saturated heterocycles. The van der Waals surface area contributed by atoms with Crippen molar-refractivity contribution in [1.82, 2.24) is 0 Å². The number of anilines is 1. The molecule has 0 saturated carbocycles. The van der Waals surface area contributed by atoms with E-state index in [1.807, 2.05) is 6.07 Å². The number of nitrogens with one attached hydrogen (secondary N) is 1. The van der Waals surface area contributed by atoms with Gasteiger partial charge in [-0.1, -0.05) is 12.1 Å². The number of hydrogen-bond acceptors (Lipinski definition) is 6. The van der Waals surface area contributed by atoms with Crippen LogP contribution in [0.1, 0.15) is 21.5 Å². The zero-order chi connectivity index (χ0) is 19.1. The Morgan fingerprint density at radius 3 is 2.50 bits per heavy atom. The standard InChI is InChI=1S/C18H15N3O5/c1-12-10-14(4-7-16(12)21(24)25)18(23)26-11-17(22)20-15-5-2-13(3-6-15)8-9-19/h2-7,10H,8,11H2,1H3,(H,20,22). The van der Waals surface area contributed by atoms with Crippen LogP contribution < -0.4 is 5.32 Å². The van der Waals surface area contributed by atoms with Gasteiger partial charge >= 0.3 is 5.97 Å². The van der Waals surface area contributed by atoms with E-state index in [1.165, 1.54) is 25.1 Å². The van der Waals surface area contributed by atoms with Gasteiger partial charge in [-0.15, -0.1) is 0 Å². The van der Waals surface area contributed by atoms with Crippen LogP contribution in [0, 0.1) is 28.4 Å². The maximum atomic E-state index is 11.9. The van der Waals surface area contributed by atoms with Gasteiger partial charge in [0.1, 0.15) is 0 Å². The molecule has 0 aromatic heterocycles. The number of nitro benzene ring substituents is 1. The van der Waals surface area contributed by atoms with Gasteiger partial charge in [-0.3, -0.25) is 14.9 Å². The molecule has 8 heteroatoms. The highest BCUT2D eigenvalue weighted by molar-refractivity contribution is 5.95. The number of esters is 1. The molecular weight excluding hydrogens is 338 g/mol. The van der Waals surface area contributed by atoms with E-state index in [1.54, 1.807) is 24.3 Å². The van der Waals surface area contributed by atoms with Crippen LogP contribution in [0.25, 0.3) is 0 Å². The molecule has 0 bridgehead atoms. The monoisotopic (exact) mass is 353 g/mol. The van der Waals surface area contributed by atoms with E-state index in [0.29, 0.717) is 11.3 Å². The third-order valence-electron chi connectivity index (χ3n) is 3.48. The smallest absolute Gasteiger partial charge is 0.338 e. The predicted molar refractivity (Wildman–Crippen MR) is 92.5 cm³/mol. The molecule has 0 heterocycles. The number of carbonyl (C=O) groups excluding carboxylic acids is 2. The Morgan fingerprint density at radius 2 is 1.92 bits per heavy atom. The lowest BCUT2D eigenvalue weighted by Gasteiger charge is -2.07. The van der Waals surface area contributed by atoms with Crippen LogP contribution >= 0.6 is 0 Å². The molecule has 0 aliphatic heterocycles. The van der Waals surface area contributed by atoms with Crippen molar-refractivity contribution in [3.05, 3.63) is 69.3 Å². The van der Waals surface area contributed by atoms with E-state index in [4.69, 9.17) is 10.00 Å². The van der Waals surface area contributed by atoms with Crippen LogP contribution in [-0.4, -0.2) is 23.4 Å². The van der Waals surface area contributed by atoms with E-state index < -0.39 is 23.4 Å². The third kappa shape index (κ3) is 4.88. The maximum Gasteiger partial charge on any atom is 0.338 e. The minimum atomic E-state index is -0.748. The first-order valence-electron chi connectivity index (χ1n) is 7.58. The SMILES string of the molecule is Cc1cc(C(=O)OCC(=O)Nc2ccc(CC#N)cc2)ccc1[N+](=O)[O-]. The highest BCUT2D eigenvalue weighted by Gasteiger charge is 2.15. The lowest BCUT2D eigenvalue weighted by molar-refractivity contribution is -0.385. The van der Waals surface area contributed by atoms with Gasteiger partial charge in [0.2, 0.25) is 0 Å². The Balaban J connectivity index is 1.90. The summed E-state index contributed by atoms with van der Waals surface area (Å²) < 4.78 is 4.92. The predicted octanol–water partition coefficient (Wildman–Crippen LogP) is 2.76. The zero-order valence-electron chi connectivity index (χ0n) is 13.9. The van der Waals surface area contributed by atoms with E-state index in [-0.39, 0.29) is 17.7 Å². The van der Waals surface area contributed by atoms with Crippen molar-refractivity contribution in [3.8, 4) is 6.07 Å². The number of ether oxygens (including phenoxy) is 1. The summed E-state index contributed by atoms with van der Waals surface area (Å²) in [7, 11) is 0. The summed E-state index contributed by atoms with van der Waals surface area (Å²) in [6.45, 7) is 1.02. The van der Waals surface area contributed by atoms with Gasteiger partial charge < -0.3 is 10.1 Å². The molecule has 0 aliphatic rings. The number of nitriles is 1. The summed E-state index contributed by atoms with van der Waals surface area (Å²) in [5.41, 5.74) is 1.69. The van der Waals surface area contributed by atoms with Crippen molar-refractivity contribution in [2.45, 2.75) is 13.3 Å². The second kappa shape index (κ2) is 8.39. The lowest BCUT2D eigenvalue weighted by Crippen LogP contribution is -2.21. The Hall–Kier alpha value is -3.73. The van der Waals surface area contributed by atoms with Crippen LogP contribution in [0.2, 0.25) is 0 Å². The molecule has 0 atom stereocenters. The molecular formula is C18H15N3O5. The quantitative estimate of drug-likeness (QED) is 0.484. The molecule has 0 radical (unpaired) electrons. The number of rotatable bonds is 6. The molecule has 0 unspecified atom stereocenters. The lowest BCUT2D eigenvalue weighted by atomic mass is 10.1. The molecule has 0 fully saturated rings. The molecule has 26 heavy (non-hydrogen) atoms. The van der Waals surface area contributed by atoms with Crippen LogP contribution in [-0.2, 0) is 16.0 Å². The van der Waals surface area contributed by atoms with Crippen molar-refractivity contribution in [2.24, 2.45) is 0 Å². The fourth-order valence-corrected chi connectivity index (χ4v) is 2.20. The van der Waals surface area contributed by atoms with E-state index in [9.17, 15) is 19.7 Å². The summed E-state index contributed by atoms with van der Waals surface area (Å²) in [5, 5.41) is 21.9. The third-order valence-corrected chi connectivity index (χ3v) is 3.48. The van der Waals surface area contributed by atoms with E-state index >= 15 is 0 Å². The van der Waals surface area contributed by atoms with Crippen LogP contribution in [0.3, 0.4) is 0 Å². The van der Waals surface area contributed by atoms with Crippen LogP contribution in [0.15, 0.2) is 42.5 Å². The number of carbonyl (C=O) groups is 2. The molecule has 1 amide bonds. The molecule has 2 aromatic carbocycles. The minimum Gasteiger partial charge on any atom is -0.452 e. The zero-order valence-corrected chi connectivity index (χ0v) is 13.9. The first-order valence-corrected chi connectivity index (χ1v) is 7.58. The largest absolute Gasteiger partial charge is 0.452 e. The molecule has 1 N–H and O–H groups in total. The van der Waals surface area contributed by atoms with Gasteiger partial charge in [0.25, 0.3) is 11.6 Å². The molecule has 0 spiro atoms. The molecule has 2 aromatic rings. The summed E-state index contributed by atoms with van der Waals surface area (Å²) >= 11 is 0. The molecule has 2 rings (SSSR count). The number of hydrogen-bond donors (Lipinski definition) is 1. The van der Waals surface area contributed by atoms with Gasteiger partial charge in [-0.2, -0.15) is 5.26 Å². The Bertz CT molecular complexity index is 885. The number of benzene rings is 2. The van der Waals surface area contributed by atoms with Crippen molar-refractivity contribution in [2.75, 3.05) is 11.9 Å². The Kier molecular flexibility index (Phi) is 6.01. The van der Waals surface area contributed by atoms with Gasteiger partial charge in [-0.05, 0) is 36.8 Å². The number of amides is 1. The molecule has 0 aliphatic carbocycles. The summed E-state index contributed by atoms with van der Waals surface area (Å²) in [5.74, 6) is -1.27. The van der Waals surface area contributed by atoms with Crippen molar-refractivity contribution >= 4 is 23.3 Å². The maximum absolute atomic E-state index is 11.9. The highest BCUT2D eigenvalue weighted by atomic mass is 16.6. The number of nitrogens with zero attached hydrogens (tertiary/aromatic N) is 2. The highest BCUT2D eigenvalue weighted by Crippen LogP contribution is 2.19. The van der Waals surface area contributed by atoms with E-state index in [0.717, 1.165) is 5.56 Å². The number of nitro groups is 1. The van der Waals surface area contributed by atoms with Gasteiger partial charge in [0.15, 0.2) is 6.61 Å².